The van der Waals surface area contributed by atoms with Crippen LogP contribution in [-0.2, 0) is 18.3 Å². The molecule has 1 aromatic heterocycles. The Balaban J connectivity index is 1.32. The number of benzene rings is 3. The molecule has 0 N–H and O–H groups in total. The van der Waals surface area contributed by atoms with Crippen LogP contribution in [0.2, 0.25) is 0 Å². The van der Waals surface area contributed by atoms with E-state index in [2.05, 4.69) is 109 Å². The first-order valence-electron chi connectivity index (χ1n) is 18.3. The minimum absolute atomic E-state index is 0.289. The molecule has 0 unspecified atom stereocenters. The van der Waals surface area contributed by atoms with Gasteiger partial charge in [0.2, 0.25) is 0 Å². The van der Waals surface area contributed by atoms with Gasteiger partial charge < -0.3 is 0 Å². The van der Waals surface area contributed by atoms with Crippen molar-refractivity contribution in [3.63, 3.8) is 0 Å². The van der Waals surface area contributed by atoms with E-state index in [-0.39, 0.29) is 5.41 Å². The molecule has 0 aliphatic heterocycles. The second-order valence-electron chi connectivity index (χ2n) is 13.4. The quantitative estimate of drug-likeness (QED) is 0.0717. The monoisotopic (exact) mass is 682 g/mol. The van der Waals surface area contributed by atoms with Crippen LogP contribution in [0.3, 0.4) is 0 Å². The summed E-state index contributed by atoms with van der Waals surface area (Å²) in [6.45, 7) is 4.59. The SMILES string of the molecule is CCCCCCCCCCc1ccc(C2(c3ccc(CCCCCCCCCC)cc3)c3ccccc3-c3sc(Br)cc32)cc1. The van der Waals surface area contributed by atoms with E-state index in [1.54, 1.807) is 0 Å². The van der Waals surface area contributed by atoms with Gasteiger partial charge in [0.05, 0.1) is 9.20 Å². The molecule has 0 spiro atoms. The summed E-state index contributed by atoms with van der Waals surface area (Å²) < 4.78 is 1.21. The van der Waals surface area contributed by atoms with Crippen LogP contribution in [0.4, 0.5) is 0 Å². The Morgan fingerprint density at radius 1 is 0.511 bits per heavy atom. The van der Waals surface area contributed by atoms with Crippen LogP contribution >= 0.6 is 27.3 Å². The first-order chi connectivity index (χ1) is 22.2. The highest BCUT2D eigenvalue weighted by Crippen LogP contribution is 2.59. The van der Waals surface area contributed by atoms with Crippen molar-refractivity contribution in [1.29, 1.82) is 0 Å². The van der Waals surface area contributed by atoms with E-state index in [0.29, 0.717) is 0 Å². The maximum absolute atomic E-state index is 3.87. The minimum Gasteiger partial charge on any atom is -0.128 e. The topological polar surface area (TPSA) is 0 Å². The van der Waals surface area contributed by atoms with E-state index >= 15 is 0 Å². The number of thiophene rings is 1. The molecule has 5 rings (SSSR count). The molecule has 0 saturated carbocycles. The summed E-state index contributed by atoms with van der Waals surface area (Å²) in [6, 6.07) is 30.9. The molecule has 0 bridgehead atoms. The van der Waals surface area contributed by atoms with Gasteiger partial charge in [0.15, 0.2) is 0 Å². The molecule has 0 atom stereocenters. The van der Waals surface area contributed by atoms with Crippen LogP contribution in [0.15, 0.2) is 82.6 Å². The van der Waals surface area contributed by atoms with Gasteiger partial charge in [0, 0.05) is 4.88 Å². The molecule has 0 amide bonds. The van der Waals surface area contributed by atoms with E-state index in [1.807, 2.05) is 11.3 Å². The highest BCUT2D eigenvalue weighted by Gasteiger charge is 2.47. The molecule has 1 aliphatic carbocycles. The molecule has 1 heterocycles. The number of aryl methyl sites for hydroxylation is 2. The summed E-state index contributed by atoms with van der Waals surface area (Å²) in [5.74, 6) is 0. The third-order valence-corrected chi connectivity index (χ3v) is 11.8. The van der Waals surface area contributed by atoms with Crippen LogP contribution in [0.1, 0.15) is 150 Å². The third-order valence-electron chi connectivity index (χ3n) is 10.1. The fourth-order valence-corrected chi connectivity index (χ4v) is 9.25. The van der Waals surface area contributed by atoms with Gasteiger partial charge in [-0.05, 0) is 86.6 Å². The second-order valence-corrected chi connectivity index (χ2v) is 15.9. The van der Waals surface area contributed by atoms with E-state index in [0.717, 1.165) is 0 Å². The van der Waals surface area contributed by atoms with Crippen molar-refractivity contribution in [1.82, 2.24) is 0 Å². The smallest absolute Gasteiger partial charge is 0.0722 e. The highest BCUT2D eigenvalue weighted by molar-refractivity contribution is 9.11. The molecule has 4 aromatic rings. The summed E-state index contributed by atoms with van der Waals surface area (Å²) in [4.78, 5) is 1.41. The molecule has 2 heteroatoms. The Kier molecular flexibility index (Phi) is 13.4. The van der Waals surface area contributed by atoms with Crippen LogP contribution in [0, 0.1) is 0 Å². The Labute approximate surface area is 287 Å². The van der Waals surface area contributed by atoms with Gasteiger partial charge in [-0.2, -0.15) is 0 Å². The predicted molar refractivity (Wildman–Crippen MR) is 202 cm³/mol. The largest absolute Gasteiger partial charge is 0.128 e. The van der Waals surface area contributed by atoms with Crippen molar-refractivity contribution >= 4 is 27.3 Å². The second kappa shape index (κ2) is 17.7. The van der Waals surface area contributed by atoms with Crippen molar-refractivity contribution in [2.45, 2.75) is 135 Å². The van der Waals surface area contributed by atoms with Crippen molar-refractivity contribution in [2.24, 2.45) is 0 Å². The summed E-state index contributed by atoms with van der Waals surface area (Å²) in [5, 5.41) is 0. The van der Waals surface area contributed by atoms with Crippen molar-refractivity contribution in [2.75, 3.05) is 0 Å². The van der Waals surface area contributed by atoms with Crippen LogP contribution in [0.5, 0.6) is 0 Å². The highest BCUT2D eigenvalue weighted by atomic mass is 79.9. The zero-order chi connectivity index (χ0) is 31.3. The third kappa shape index (κ3) is 8.41. The van der Waals surface area contributed by atoms with Gasteiger partial charge in [-0.1, -0.05) is 177 Å². The lowest BCUT2D eigenvalue weighted by Gasteiger charge is -2.33. The lowest BCUT2D eigenvalue weighted by Crippen LogP contribution is -2.28. The van der Waals surface area contributed by atoms with Crippen molar-refractivity contribution in [3.8, 4) is 10.4 Å². The number of hydrogen-bond donors (Lipinski definition) is 0. The molecule has 240 valence electrons. The Morgan fingerprint density at radius 2 is 0.956 bits per heavy atom. The minimum atomic E-state index is -0.289. The lowest BCUT2D eigenvalue weighted by molar-refractivity contribution is 0.575. The van der Waals surface area contributed by atoms with Crippen LogP contribution < -0.4 is 0 Å². The number of hydrogen-bond acceptors (Lipinski definition) is 1. The molecule has 45 heavy (non-hydrogen) atoms. The maximum atomic E-state index is 3.87. The van der Waals surface area contributed by atoms with Gasteiger partial charge in [0.1, 0.15) is 0 Å². The van der Waals surface area contributed by atoms with E-state index in [4.69, 9.17) is 0 Å². The van der Waals surface area contributed by atoms with E-state index < -0.39 is 0 Å². The summed E-state index contributed by atoms with van der Waals surface area (Å²) in [6.07, 6.45) is 24.3. The molecule has 0 saturated heterocycles. The number of rotatable bonds is 20. The van der Waals surface area contributed by atoms with Crippen molar-refractivity contribution in [3.05, 3.63) is 116 Å². The first kappa shape index (κ1) is 34.2. The number of unbranched alkanes of at least 4 members (excludes halogenated alkanes) is 14. The van der Waals surface area contributed by atoms with Crippen molar-refractivity contribution < 1.29 is 0 Å². The molecule has 0 fully saturated rings. The lowest BCUT2D eigenvalue weighted by atomic mass is 9.68. The standard InChI is InChI=1S/C43H55BrS/c1-3-5-7-9-11-13-15-17-21-34-25-29-36(30-26-34)43(39-24-20-19-23-38(39)42-40(43)33-41(44)45-42)37-31-27-35(28-32-37)22-18-16-14-12-10-8-6-4-2/h19-20,23-33H,3-18,21-22H2,1-2H3. The summed E-state index contributed by atoms with van der Waals surface area (Å²) in [5.41, 5.74) is 9.65. The number of halogens is 1. The molecular weight excluding hydrogens is 628 g/mol. The number of fused-ring (bicyclic) bond motifs is 3. The normalized spacial score (nSPS) is 13.2. The average Bonchev–Trinajstić information content (AvgIpc) is 3.58. The van der Waals surface area contributed by atoms with Gasteiger partial charge in [-0.25, -0.2) is 0 Å². The van der Waals surface area contributed by atoms with Crippen LogP contribution in [0.25, 0.3) is 10.4 Å². The maximum Gasteiger partial charge on any atom is 0.0722 e. The van der Waals surface area contributed by atoms with Gasteiger partial charge in [0.25, 0.3) is 0 Å². The van der Waals surface area contributed by atoms with Gasteiger partial charge in [-0.15, -0.1) is 11.3 Å². The van der Waals surface area contributed by atoms with Gasteiger partial charge in [-0.3, -0.25) is 0 Å². The molecular formula is C43H55BrS. The van der Waals surface area contributed by atoms with E-state index in [1.165, 1.54) is 163 Å². The predicted octanol–water partition coefficient (Wildman–Crippen LogP) is 14.2. The molecule has 3 aromatic carbocycles. The first-order valence-corrected chi connectivity index (χ1v) is 19.9. The molecule has 0 nitrogen and oxygen atoms in total. The molecule has 0 radical (unpaired) electrons. The van der Waals surface area contributed by atoms with Crippen LogP contribution in [-0.4, -0.2) is 0 Å². The Morgan fingerprint density at radius 3 is 1.44 bits per heavy atom. The Hall–Kier alpha value is -2.16. The fraction of sp³-hybridized carbons (Fsp3) is 0.488. The van der Waals surface area contributed by atoms with Gasteiger partial charge >= 0.3 is 0 Å². The summed E-state index contributed by atoms with van der Waals surface area (Å²) >= 11 is 5.74. The zero-order valence-corrected chi connectivity index (χ0v) is 30.4. The van der Waals surface area contributed by atoms with E-state index in [9.17, 15) is 0 Å². The summed E-state index contributed by atoms with van der Waals surface area (Å²) in [7, 11) is 0. The average molecular weight is 684 g/mol. The molecule has 1 aliphatic rings. The Bertz CT molecular complexity index is 1360. The zero-order valence-electron chi connectivity index (χ0n) is 28.0. The fourth-order valence-electron chi connectivity index (χ4n) is 7.55.